The van der Waals surface area contributed by atoms with E-state index in [-0.39, 0.29) is 18.1 Å². The first-order valence-corrected chi connectivity index (χ1v) is 13.3. The molecule has 1 aliphatic heterocycles. The number of rotatable bonds is 7. The molecule has 6 heteroatoms. The van der Waals surface area contributed by atoms with Crippen LogP contribution in [0.15, 0.2) is 88.3 Å². The number of hydrogen-bond acceptors (Lipinski definition) is 3. The summed E-state index contributed by atoms with van der Waals surface area (Å²) in [4.78, 5) is 20.0. The van der Waals surface area contributed by atoms with Crippen molar-refractivity contribution < 1.29 is 13.9 Å². The monoisotopic (exact) mass is 558 g/mol. The van der Waals surface area contributed by atoms with Crippen LogP contribution in [0.4, 0.5) is 4.39 Å². The lowest BCUT2D eigenvalue weighted by Gasteiger charge is -2.29. The van der Waals surface area contributed by atoms with Gasteiger partial charge in [0, 0.05) is 23.1 Å². The van der Waals surface area contributed by atoms with Gasteiger partial charge in [0.1, 0.15) is 17.4 Å². The Kier molecular flexibility index (Phi) is 7.65. The van der Waals surface area contributed by atoms with E-state index in [1.165, 1.54) is 6.07 Å². The topological polar surface area (TPSA) is 41.9 Å². The number of nitrogens with zero attached hydrogens (tertiary/aromatic N) is 2. The number of benzene rings is 4. The Bertz CT molecular complexity index is 1480. The third kappa shape index (κ3) is 5.59. The highest BCUT2D eigenvalue weighted by atomic mass is 79.9. The van der Waals surface area contributed by atoms with Gasteiger partial charge in [0.2, 0.25) is 5.91 Å². The molecule has 4 nitrogen and oxygen atoms in total. The van der Waals surface area contributed by atoms with Gasteiger partial charge < -0.3 is 4.74 Å². The maximum Gasteiger partial charge on any atom is 0.232 e. The van der Waals surface area contributed by atoms with Gasteiger partial charge in [-0.2, -0.15) is 0 Å². The van der Waals surface area contributed by atoms with E-state index < -0.39 is 0 Å². The van der Waals surface area contributed by atoms with Gasteiger partial charge in [-0.3, -0.25) is 14.7 Å². The summed E-state index contributed by atoms with van der Waals surface area (Å²) in [7, 11) is 1.64. The van der Waals surface area contributed by atoms with Gasteiger partial charge in [-0.15, -0.1) is 0 Å². The lowest BCUT2D eigenvalue weighted by Crippen LogP contribution is -2.42. The normalized spacial score (nSPS) is 13.5. The lowest BCUT2D eigenvalue weighted by molar-refractivity contribution is -0.126. The van der Waals surface area contributed by atoms with E-state index in [9.17, 15) is 4.79 Å². The molecule has 5 rings (SSSR count). The number of amidine groups is 1. The van der Waals surface area contributed by atoms with Crippen molar-refractivity contribution in [2.24, 2.45) is 4.99 Å². The summed E-state index contributed by atoms with van der Waals surface area (Å²) in [5, 5.41) is 2.25. The summed E-state index contributed by atoms with van der Waals surface area (Å²) in [6, 6.07) is 25.1. The quantitative estimate of drug-likeness (QED) is 0.251. The SMILES string of the molecule is COc1ccc(Br)cc1CCc1c(F)cccc1C1=NCCCN1C(=O)Cc1ccc2ccccc2c1. The van der Waals surface area contributed by atoms with Crippen LogP contribution in [-0.2, 0) is 24.1 Å². The number of aryl methyl sites for hydroxylation is 1. The number of methoxy groups -OCH3 is 1. The van der Waals surface area contributed by atoms with Gasteiger partial charge in [0.05, 0.1) is 13.5 Å². The van der Waals surface area contributed by atoms with Gasteiger partial charge >= 0.3 is 0 Å². The van der Waals surface area contributed by atoms with Crippen molar-refractivity contribution >= 4 is 38.4 Å². The predicted molar refractivity (Wildman–Crippen MR) is 150 cm³/mol. The predicted octanol–water partition coefficient (Wildman–Crippen LogP) is 6.76. The molecule has 0 spiro atoms. The van der Waals surface area contributed by atoms with Gasteiger partial charge in [-0.05, 0) is 71.0 Å². The van der Waals surface area contributed by atoms with E-state index >= 15 is 4.39 Å². The van der Waals surface area contributed by atoms with Gasteiger partial charge in [-0.1, -0.05) is 70.5 Å². The highest BCUT2D eigenvalue weighted by Gasteiger charge is 2.26. The fourth-order valence-corrected chi connectivity index (χ4v) is 5.33. The third-order valence-corrected chi connectivity index (χ3v) is 7.27. The molecular formula is C31H28BrFN2O2. The minimum Gasteiger partial charge on any atom is -0.496 e. The van der Waals surface area contributed by atoms with E-state index in [0.717, 1.165) is 38.5 Å². The number of ether oxygens (including phenoxy) is 1. The highest BCUT2D eigenvalue weighted by molar-refractivity contribution is 9.10. The van der Waals surface area contributed by atoms with E-state index in [2.05, 4.69) is 34.1 Å². The maximum absolute atomic E-state index is 15.2. The Labute approximate surface area is 224 Å². The van der Waals surface area contributed by atoms with Gasteiger partial charge in [-0.25, -0.2) is 4.39 Å². The number of aliphatic imine (C=N–C) groups is 1. The molecule has 0 unspecified atom stereocenters. The Morgan fingerprint density at radius 3 is 2.68 bits per heavy atom. The smallest absolute Gasteiger partial charge is 0.232 e. The average molecular weight is 559 g/mol. The molecule has 0 N–H and O–H groups in total. The minimum absolute atomic E-state index is 0.0300. The number of carbonyl (C=O) groups is 1. The molecule has 1 amide bonds. The number of amides is 1. The van der Waals surface area contributed by atoms with Gasteiger partial charge in [0.25, 0.3) is 0 Å². The first kappa shape index (κ1) is 25.2. The molecule has 0 saturated carbocycles. The number of hydrogen-bond donors (Lipinski definition) is 0. The molecule has 0 fully saturated rings. The van der Waals surface area contributed by atoms with Crippen LogP contribution in [0.1, 0.15) is 28.7 Å². The van der Waals surface area contributed by atoms with E-state index in [0.29, 0.717) is 42.9 Å². The van der Waals surface area contributed by atoms with Crippen molar-refractivity contribution in [3.8, 4) is 5.75 Å². The third-order valence-electron chi connectivity index (χ3n) is 6.77. The fraction of sp³-hybridized carbons (Fsp3) is 0.226. The second-order valence-electron chi connectivity index (χ2n) is 9.18. The highest BCUT2D eigenvalue weighted by Crippen LogP contribution is 2.27. The van der Waals surface area contributed by atoms with Crippen LogP contribution >= 0.6 is 15.9 Å². The molecule has 0 aromatic heterocycles. The lowest BCUT2D eigenvalue weighted by atomic mass is 9.96. The molecule has 1 heterocycles. The van der Waals surface area contributed by atoms with Crippen LogP contribution in [0.3, 0.4) is 0 Å². The van der Waals surface area contributed by atoms with Crippen LogP contribution in [0, 0.1) is 5.82 Å². The molecule has 0 atom stereocenters. The summed E-state index contributed by atoms with van der Waals surface area (Å²) in [6.45, 7) is 1.19. The van der Waals surface area contributed by atoms with E-state index in [1.807, 2.05) is 48.5 Å². The average Bonchev–Trinajstić information content (AvgIpc) is 2.92. The molecule has 0 aliphatic carbocycles. The van der Waals surface area contributed by atoms with Crippen molar-refractivity contribution in [1.82, 2.24) is 4.90 Å². The summed E-state index contributed by atoms with van der Waals surface area (Å²) < 4.78 is 21.6. The second-order valence-corrected chi connectivity index (χ2v) is 10.1. The number of fused-ring (bicyclic) bond motifs is 1. The van der Waals surface area contributed by atoms with Crippen LogP contribution in [0.25, 0.3) is 10.8 Å². The van der Waals surface area contributed by atoms with Gasteiger partial charge in [0.15, 0.2) is 0 Å². The molecule has 4 aromatic carbocycles. The summed E-state index contributed by atoms with van der Waals surface area (Å²) in [5.41, 5.74) is 3.19. The largest absolute Gasteiger partial charge is 0.496 e. The van der Waals surface area contributed by atoms with Crippen molar-refractivity contribution in [1.29, 1.82) is 0 Å². The second kappa shape index (κ2) is 11.3. The molecule has 188 valence electrons. The van der Waals surface area contributed by atoms with Crippen LogP contribution in [-0.4, -0.2) is 36.8 Å². The Morgan fingerprint density at radius 2 is 1.84 bits per heavy atom. The van der Waals surface area contributed by atoms with Crippen LogP contribution in [0.2, 0.25) is 0 Å². The summed E-state index contributed by atoms with van der Waals surface area (Å²) in [6.07, 6.45) is 2.10. The van der Waals surface area contributed by atoms with E-state index in [1.54, 1.807) is 18.1 Å². The Morgan fingerprint density at radius 1 is 1.00 bits per heavy atom. The minimum atomic E-state index is -0.290. The molecule has 1 aliphatic rings. The molecule has 0 radical (unpaired) electrons. The fourth-order valence-electron chi connectivity index (χ4n) is 4.92. The summed E-state index contributed by atoms with van der Waals surface area (Å²) >= 11 is 3.51. The zero-order valence-electron chi connectivity index (χ0n) is 20.7. The van der Waals surface area contributed by atoms with Crippen molar-refractivity contribution in [2.75, 3.05) is 20.2 Å². The van der Waals surface area contributed by atoms with Crippen molar-refractivity contribution in [3.05, 3.63) is 111 Å². The maximum atomic E-state index is 15.2. The first-order chi connectivity index (χ1) is 18.0. The van der Waals surface area contributed by atoms with Crippen molar-refractivity contribution in [2.45, 2.75) is 25.7 Å². The molecule has 37 heavy (non-hydrogen) atoms. The number of halogens is 2. The Balaban J connectivity index is 1.41. The molecule has 4 aromatic rings. The zero-order valence-corrected chi connectivity index (χ0v) is 22.3. The van der Waals surface area contributed by atoms with E-state index in [4.69, 9.17) is 9.73 Å². The summed E-state index contributed by atoms with van der Waals surface area (Å²) in [5.74, 6) is 1.01. The first-order valence-electron chi connectivity index (χ1n) is 12.5. The number of carbonyl (C=O) groups excluding carboxylic acids is 1. The molecular weight excluding hydrogens is 531 g/mol. The molecule has 0 bridgehead atoms. The van der Waals surface area contributed by atoms with Crippen LogP contribution < -0.4 is 4.74 Å². The standard InChI is InChI=1S/C31H28BrFN2O2/c1-37-29-15-13-25(32)20-24(29)12-14-26-27(8-4-9-28(26)33)31-34-16-5-17-35(31)30(36)19-21-10-11-22-6-2-3-7-23(22)18-21/h2-4,6-11,13,15,18,20H,5,12,14,16-17,19H2,1H3. The Hall–Kier alpha value is -3.51. The van der Waals surface area contributed by atoms with Crippen molar-refractivity contribution in [3.63, 3.8) is 0 Å². The van der Waals surface area contributed by atoms with Crippen LogP contribution in [0.5, 0.6) is 5.75 Å². The zero-order chi connectivity index (χ0) is 25.8. The molecule has 0 saturated heterocycles.